The molecule has 1 N–H and O–H groups in total. The Labute approximate surface area is 126 Å². The summed E-state index contributed by atoms with van der Waals surface area (Å²) in [6, 6.07) is 5.31. The standard InChI is InChI=1S/C13H17ClF3NOS/c1-2-6-18-9-10-4-3-5-11(14)12(10)19-7-8-20-13(15,16)17/h3-5,18H,2,6-9H2,1H3. The number of halogens is 4. The average Bonchev–Trinajstić information content (AvgIpc) is 2.36. The molecule has 2 nitrogen and oxygen atoms in total. The van der Waals surface area contributed by atoms with Crippen LogP contribution < -0.4 is 10.1 Å². The van der Waals surface area contributed by atoms with Crippen LogP contribution in [0.25, 0.3) is 0 Å². The summed E-state index contributed by atoms with van der Waals surface area (Å²) in [4.78, 5) is 0. The van der Waals surface area contributed by atoms with Gasteiger partial charge in [-0.3, -0.25) is 0 Å². The van der Waals surface area contributed by atoms with E-state index in [0.29, 0.717) is 17.3 Å². The zero-order chi connectivity index (χ0) is 15.0. The zero-order valence-electron chi connectivity index (χ0n) is 11.1. The Balaban J connectivity index is 2.54. The Morgan fingerprint density at radius 1 is 1.35 bits per heavy atom. The van der Waals surface area contributed by atoms with Crippen LogP contribution in [0.2, 0.25) is 5.02 Å². The first-order valence-electron chi connectivity index (χ1n) is 6.25. The Morgan fingerprint density at radius 2 is 2.10 bits per heavy atom. The summed E-state index contributed by atoms with van der Waals surface area (Å²) >= 11 is 5.93. The summed E-state index contributed by atoms with van der Waals surface area (Å²) < 4.78 is 41.5. The highest BCUT2D eigenvalue weighted by atomic mass is 35.5. The molecule has 1 rings (SSSR count). The molecular weight excluding hydrogens is 311 g/mol. The van der Waals surface area contributed by atoms with E-state index in [1.165, 1.54) is 0 Å². The van der Waals surface area contributed by atoms with Crippen molar-refractivity contribution in [2.24, 2.45) is 0 Å². The third-order valence-corrected chi connectivity index (χ3v) is 3.38. The van der Waals surface area contributed by atoms with Gasteiger partial charge in [-0.1, -0.05) is 30.7 Å². The van der Waals surface area contributed by atoms with Gasteiger partial charge in [0.15, 0.2) is 0 Å². The molecule has 0 spiro atoms. The molecule has 0 aliphatic carbocycles. The maximum absolute atomic E-state index is 12.0. The molecule has 0 aromatic heterocycles. The van der Waals surface area contributed by atoms with Gasteiger partial charge in [0.1, 0.15) is 5.75 Å². The van der Waals surface area contributed by atoms with Crippen molar-refractivity contribution >= 4 is 23.4 Å². The molecule has 0 atom stereocenters. The van der Waals surface area contributed by atoms with Gasteiger partial charge in [-0.05, 0) is 30.8 Å². The molecule has 1 aromatic carbocycles. The number of rotatable bonds is 8. The number of para-hydroxylation sites is 1. The number of hydrogen-bond donors (Lipinski definition) is 1. The van der Waals surface area contributed by atoms with Crippen LogP contribution in [0.3, 0.4) is 0 Å². The van der Waals surface area contributed by atoms with Gasteiger partial charge in [-0.2, -0.15) is 13.2 Å². The van der Waals surface area contributed by atoms with Crippen molar-refractivity contribution in [3.8, 4) is 5.75 Å². The fourth-order valence-electron chi connectivity index (χ4n) is 1.56. The Bertz CT molecular complexity index is 415. The van der Waals surface area contributed by atoms with Crippen LogP contribution in [0, 0.1) is 0 Å². The lowest BCUT2D eigenvalue weighted by molar-refractivity contribution is -0.0329. The van der Waals surface area contributed by atoms with Crippen LogP contribution >= 0.6 is 23.4 Å². The van der Waals surface area contributed by atoms with Crippen LogP contribution in [-0.2, 0) is 6.54 Å². The zero-order valence-corrected chi connectivity index (χ0v) is 12.7. The van der Waals surface area contributed by atoms with Gasteiger partial charge in [0.05, 0.1) is 11.6 Å². The predicted octanol–water partition coefficient (Wildman–Crippen LogP) is 4.47. The van der Waals surface area contributed by atoms with Crippen LogP contribution in [0.4, 0.5) is 13.2 Å². The normalized spacial score (nSPS) is 11.7. The van der Waals surface area contributed by atoms with Gasteiger partial charge in [0.2, 0.25) is 0 Å². The molecule has 0 bridgehead atoms. The van der Waals surface area contributed by atoms with E-state index < -0.39 is 5.51 Å². The molecule has 20 heavy (non-hydrogen) atoms. The van der Waals surface area contributed by atoms with Crippen molar-refractivity contribution in [2.75, 3.05) is 18.9 Å². The monoisotopic (exact) mass is 327 g/mol. The molecule has 0 amide bonds. The van der Waals surface area contributed by atoms with E-state index in [-0.39, 0.29) is 24.1 Å². The molecule has 0 unspecified atom stereocenters. The summed E-state index contributed by atoms with van der Waals surface area (Å²) in [5.41, 5.74) is -3.38. The van der Waals surface area contributed by atoms with Crippen molar-refractivity contribution in [3.63, 3.8) is 0 Å². The second-order valence-corrected chi connectivity index (χ2v) is 5.61. The van der Waals surface area contributed by atoms with Crippen molar-refractivity contribution in [1.82, 2.24) is 5.32 Å². The van der Waals surface area contributed by atoms with E-state index in [4.69, 9.17) is 16.3 Å². The fraction of sp³-hybridized carbons (Fsp3) is 0.538. The second kappa shape index (κ2) is 8.64. The quantitative estimate of drug-likeness (QED) is 0.712. The lowest BCUT2D eigenvalue weighted by Gasteiger charge is -2.14. The van der Waals surface area contributed by atoms with Crippen LogP contribution in [0.1, 0.15) is 18.9 Å². The molecule has 0 fully saturated rings. The first-order valence-corrected chi connectivity index (χ1v) is 7.62. The Hall–Kier alpha value is -0.590. The number of benzene rings is 1. The molecule has 0 aliphatic rings. The first kappa shape index (κ1) is 17.5. The molecular formula is C13H17ClF3NOS. The highest BCUT2D eigenvalue weighted by Crippen LogP contribution is 2.31. The van der Waals surface area contributed by atoms with Crippen LogP contribution in [0.15, 0.2) is 18.2 Å². The third-order valence-electron chi connectivity index (χ3n) is 2.39. The molecule has 0 radical (unpaired) electrons. The largest absolute Gasteiger partial charge is 0.491 e. The van der Waals surface area contributed by atoms with Gasteiger partial charge in [-0.15, -0.1) is 0 Å². The predicted molar refractivity (Wildman–Crippen MR) is 77.5 cm³/mol. The molecule has 114 valence electrons. The van der Waals surface area contributed by atoms with E-state index in [0.717, 1.165) is 18.5 Å². The van der Waals surface area contributed by atoms with Crippen LogP contribution in [0.5, 0.6) is 5.75 Å². The fourth-order valence-corrected chi connectivity index (χ4v) is 2.20. The molecule has 0 aliphatic heterocycles. The summed E-state index contributed by atoms with van der Waals surface area (Å²) in [7, 11) is 0. The summed E-state index contributed by atoms with van der Waals surface area (Å²) in [5.74, 6) is 0.303. The topological polar surface area (TPSA) is 21.3 Å². The molecule has 1 aromatic rings. The SMILES string of the molecule is CCCNCc1cccc(Cl)c1OCCSC(F)(F)F. The van der Waals surface area contributed by atoms with E-state index in [2.05, 4.69) is 12.2 Å². The van der Waals surface area contributed by atoms with Crippen LogP contribution in [-0.4, -0.2) is 24.4 Å². The van der Waals surface area contributed by atoms with Gasteiger partial charge < -0.3 is 10.1 Å². The second-order valence-electron chi connectivity index (χ2n) is 4.05. The lowest BCUT2D eigenvalue weighted by Crippen LogP contribution is -2.15. The minimum absolute atomic E-state index is 0.0330. The third kappa shape index (κ3) is 6.72. The van der Waals surface area contributed by atoms with E-state index in [9.17, 15) is 13.2 Å². The van der Waals surface area contributed by atoms with Gasteiger partial charge >= 0.3 is 5.51 Å². The van der Waals surface area contributed by atoms with Gasteiger partial charge in [0, 0.05) is 17.9 Å². The van der Waals surface area contributed by atoms with Crippen molar-refractivity contribution in [2.45, 2.75) is 25.4 Å². The van der Waals surface area contributed by atoms with Gasteiger partial charge in [-0.25, -0.2) is 0 Å². The number of thioether (sulfide) groups is 1. The molecule has 7 heteroatoms. The molecule has 0 saturated carbocycles. The number of alkyl halides is 3. The molecule has 0 heterocycles. The highest BCUT2D eigenvalue weighted by Gasteiger charge is 2.27. The maximum atomic E-state index is 12.0. The van der Waals surface area contributed by atoms with Crippen molar-refractivity contribution in [3.05, 3.63) is 28.8 Å². The minimum Gasteiger partial charge on any atom is -0.491 e. The van der Waals surface area contributed by atoms with E-state index in [1.54, 1.807) is 12.1 Å². The number of nitrogens with one attached hydrogen (secondary N) is 1. The maximum Gasteiger partial charge on any atom is 0.441 e. The summed E-state index contributed by atoms with van der Waals surface area (Å²) in [6.45, 7) is 3.46. The highest BCUT2D eigenvalue weighted by molar-refractivity contribution is 8.00. The smallest absolute Gasteiger partial charge is 0.441 e. The minimum atomic E-state index is -4.23. The Kier molecular flexibility index (Phi) is 7.55. The van der Waals surface area contributed by atoms with Crippen molar-refractivity contribution < 1.29 is 17.9 Å². The lowest BCUT2D eigenvalue weighted by atomic mass is 10.2. The average molecular weight is 328 g/mol. The number of hydrogen-bond acceptors (Lipinski definition) is 3. The summed E-state index contributed by atoms with van der Waals surface area (Å²) in [5, 5.41) is 3.62. The first-order chi connectivity index (χ1) is 9.44. The van der Waals surface area contributed by atoms with Crippen molar-refractivity contribution in [1.29, 1.82) is 0 Å². The number of ether oxygens (including phenoxy) is 1. The van der Waals surface area contributed by atoms with E-state index in [1.807, 2.05) is 6.07 Å². The van der Waals surface area contributed by atoms with E-state index >= 15 is 0 Å². The Morgan fingerprint density at radius 3 is 2.75 bits per heavy atom. The molecule has 0 saturated heterocycles. The summed E-state index contributed by atoms with van der Waals surface area (Å²) in [6.07, 6.45) is 0.999. The van der Waals surface area contributed by atoms with Gasteiger partial charge in [0.25, 0.3) is 0 Å².